The summed E-state index contributed by atoms with van der Waals surface area (Å²) in [5.41, 5.74) is 16.1. The summed E-state index contributed by atoms with van der Waals surface area (Å²) in [5, 5.41) is 5.24. The van der Waals surface area contributed by atoms with Crippen LogP contribution in [0, 0.1) is 0 Å². The molecule has 0 unspecified atom stereocenters. The molecule has 3 nitrogen and oxygen atoms in total. The van der Waals surface area contributed by atoms with E-state index in [1.54, 1.807) is 0 Å². The van der Waals surface area contributed by atoms with Crippen LogP contribution in [-0.2, 0) is 0 Å². The van der Waals surface area contributed by atoms with Gasteiger partial charge in [-0.05, 0) is 85.7 Å². The molecule has 3 heterocycles. The van der Waals surface area contributed by atoms with Crippen LogP contribution >= 0.6 is 0 Å². The van der Waals surface area contributed by atoms with Crippen LogP contribution in [0.2, 0.25) is 13.1 Å². The number of aromatic nitrogens is 3. The fourth-order valence-corrected chi connectivity index (χ4v) is 12.5. The van der Waals surface area contributed by atoms with Crippen molar-refractivity contribution in [3.05, 3.63) is 200 Å². The molecular weight excluding hydrogens is 719 g/mol. The Bertz CT molecular complexity index is 3200. The molecule has 0 radical (unpaired) electrons. The van der Waals surface area contributed by atoms with Gasteiger partial charge in [0.1, 0.15) is 8.07 Å². The minimum absolute atomic E-state index is 0.756. The van der Waals surface area contributed by atoms with Gasteiger partial charge in [-0.1, -0.05) is 177 Å². The molecule has 4 heteroatoms. The van der Waals surface area contributed by atoms with Gasteiger partial charge in [-0.25, -0.2) is 9.97 Å². The number of fused-ring (bicyclic) bond motifs is 6. The van der Waals surface area contributed by atoms with Crippen molar-refractivity contribution < 1.29 is 0 Å². The zero-order valence-electron chi connectivity index (χ0n) is 32.4. The third-order valence-corrected chi connectivity index (χ3v) is 15.5. The second kappa shape index (κ2) is 13.5. The first-order valence-corrected chi connectivity index (χ1v) is 23.0. The molecule has 0 aliphatic carbocycles. The zero-order valence-corrected chi connectivity index (χ0v) is 33.4. The lowest BCUT2D eigenvalue weighted by molar-refractivity contribution is 1.18. The van der Waals surface area contributed by atoms with Crippen LogP contribution in [0.3, 0.4) is 0 Å². The maximum Gasteiger partial charge on any atom is 0.160 e. The van der Waals surface area contributed by atoms with E-state index in [9.17, 15) is 0 Å². The molecule has 0 saturated heterocycles. The third kappa shape index (κ3) is 5.48. The van der Waals surface area contributed by atoms with Gasteiger partial charge >= 0.3 is 0 Å². The van der Waals surface area contributed by atoms with E-state index in [-0.39, 0.29) is 0 Å². The largest absolute Gasteiger partial charge is 0.309 e. The predicted octanol–water partition coefficient (Wildman–Crippen LogP) is 12.7. The highest BCUT2D eigenvalue weighted by molar-refractivity contribution is 7.04. The van der Waals surface area contributed by atoms with E-state index in [0.717, 1.165) is 45.2 Å². The smallest absolute Gasteiger partial charge is 0.160 e. The minimum Gasteiger partial charge on any atom is -0.309 e. The molecule has 0 saturated carbocycles. The summed E-state index contributed by atoms with van der Waals surface area (Å²) in [6.45, 7) is 4.87. The van der Waals surface area contributed by atoms with Crippen LogP contribution in [0.25, 0.3) is 94.8 Å². The standard InChI is InChI=1S/C54H39N3Si/c1-58(2)49-32-12-10-28-46(49)52-53(58)51(37-19-7-4-8-20-37)55-54(56-52)42-25-14-22-39(34-42)38-21-13-24-41(33-38)44-29-16-31-48-50(44)45-27-9-11-30-47(45)57(48)43-26-15-23-40(35-43)36-17-5-3-6-18-36/h3-35H,1-2H3. The molecule has 1 aliphatic rings. The Morgan fingerprint density at radius 3 is 1.72 bits per heavy atom. The Labute approximate surface area is 339 Å². The van der Waals surface area contributed by atoms with Gasteiger partial charge in [0.25, 0.3) is 0 Å². The fraction of sp³-hybridized carbons (Fsp3) is 0.0370. The fourth-order valence-electron chi connectivity index (χ4n) is 9.25. The van der Waals surface area contributed by atoms with E-state index < -0.39 is 8.07 Å². The molecule has 11 rings (SSSR count). The number of hydrogen-bond acceptors (Lipinski definition) is 2. The van der Waals surface area contributed by atoms with Gasteiger partial charge in [0.2, 0.25) is 0 Å². The summed E-state index contributed by atoms with van der Waals surface area (Å²) in [6, 6.07) is 72.2. The number of para-hydroxylation sites is 1. The molecule has 0 spiro atoms. The van der Waals surface area contributed by atoms with E-state index in [1.165, 1.54) is 60.0 Å². The van der Waals surface area contributed by atoms with Gasteiger partial charge in [-0.3, -0.25) is 0 Å². The lowest BCUT2D eigenvalue weighted by Gasteiger charge is -2.21. The Hall–Kier alpha value is -7.14. The molecule has 0 amide bonds. The quantitative estimate of drug-likeness (QED) is 0.158. The Morgan fingerprint density at radius 2 is 0.931 bits per heavy atom. The van der Waals surface area contributed by atoms with E-state index >= 15 is 0 Å². The number of hydrogen-bond donors (Lipinski definition) is 0. The van der Waals surface area contributed by atoms with Crippen LogP contribution in [0.5, 0.6) is 0 Å². The van der Waals surface area contributed by atoms with Crippen molar-refractivity contribution in [2.45, 2.75) is 13.1 Å². The van der Waals surface area contributed by atoms with Gasteiger partial charge in [-0.2, -0.15) is 0 Å². The molecular formula is C54H39N3Si. The number of rotatable bonds is 6. The third-order valence-electron chi connectivity index (χ3n) is 12.0. The molecule has 0 bridgehead atoms. The molecule has 274 valence electrons. The Balaban J connectivity index is 1.03. The van der Waals surface area contributed by atoms with Crippen molar-refractivity contribution in [1.29, 1.82) is 0 Å². The summed E-state index contributed by atoms with van der Waals surface area (Å²) in [6.07, 6.45) is 0. The van der Waals surface area contributed by atoms with Gasteiger partial charge in [-0.15, -0.1) is 0 Å². The van der Waals surface area contributed by atoms with E-state index in [2.05, 4.69) is 218 Å². The minimum atomic E-state index is -2.03. The van der Waals surface area contributed by atoms with Gasteiger partial charge in [0, 0.05) is 27.6 Å². The molecule has 58 heavy (non-hydrogen) atoms. The monoisotopic (exact) mass is 757 g/mol. The molecule has 1 aliphatic heterocycles. The van der Waals surface area contributed by atoms with Gasteiger partial charge in [0.05, 0.1) is 22.4 Å². The van der Waals surface area contributed by atoms with E-state index in [0.29, 0.717) is 0 Å². The van der Waals surface area contributed by atoms with Crippen molar-refractivity contribution in [3.63, 3.8) is 0 Å². The van der Waals surface area contributed by atoms with E-state index in [4.69, 9.17) is 9.97 Å². The zero-order chi connectivity index (χ0) is 38.8. The summed E-state index contributed by atoms with van der Waals surface area (Å²) in [5.74, 6) is 0.756. The maximum atomic E-state index is 5.40. The highest BCUT2D eigenvalue weighted by Gasteiger charge is 2.41. The Kier molecular flexibility index (Phi) is 7.95. The maximum absolute atomic E-state index is 5.40. The first-order chi connectivity index (χ1) is 28.5. The first-order valence-electron chi connectivity index (χ1n) is 20.0. The molecule has 0 atom stereocenters. The lowest BCUT2D eigenvalue weighted by Crippen LogP contribution is -2.50. The number of nitrogens with zero attached hydrogens (tertiary/aromatic N) is 3. The first kappa shape index (κ1) is 34.1. The molecule has 0 N–H and O–H groups in total. The molecule has 8 aromatic carbocycles. The SMILES string of the molecule is C[Si]1(C)c2ccccc2-c2nc(-c3cccc(-c4cccc(-c5cccc6c5c5ccccc5n6-c5cccc(-c6ccccc6)c5)c4)c3)nc(-c3ccccc3)c21. The van der Waals surface area contributed by atoms with E-state index in [1.807, 2.05) is 0 Å². The highest BCUT2D eigenvalue weighted by atomic mass is 28.3. The molecule has 10 aromatic rings. The predicted molar refractivity (Wildman–Crippen MR) is 246 cm³/mol. The van der Waals surface area contributed by atoms with Crippen molar-refractivity contribution in [2.24, 2.45) is 0 Å². The summed E-state index contributed by atoms with van der Waals surface area (Å²) in [4.78, 5) is 10.8. The highest BCUT2D eigenvalue weighted by Crippen LogP contribution is 2.40. The van der Waals surface area contributed by atoms with Crippen LogP contribution in [0.1, 0.15) is 0 Å². The molecule has 0 fully saturated rings. The Morgan fingerprint density at radius 1 is 0.397 bits per heavy atom. The van der Waals surface area contributed by atoms with Crippen molar-refractivity contribution >= 4 is 40.3 Å². The van der Waals surface area contributed by atoms with Crippen LogP contribution in [0.15, 0.2) is 200 Å². The summed E-state index contributed by atoms with van der Waals surface area (Å²) in [7, 11) is -2.03. The van der Waals surface area contributed by atoms with Gasteiger partial charge in [0.15, 0.2) is 5.82 Å². The van der Waals surface area contributed by atoms with Gasteiger partial charge < -0.3 is 4.57 Å². The second-order valence-corrected chi connectivity index (χ2v) is 20.1. The van der Waals surface area contributed by atoms with Crippen LogP contribution in [0.4, 0.5) is 0 Å². The summed E-state index contributed by atoms with van der Waals surface area (Å²) < 4.78 is 2.41. The topological polar surface area (TPSA) is 30.7 Å². The normalized spacial score (nSPS) is 12.8. The van der Waals surface area contributed by atoms with Crippen LogP contribution in [-0.4, -0.2) is 22.6 Å². The van der Waals surface area contributed by atoms with Crippen molar-refractivity contribution in [3.8, 4) is 73.0 Å². The average molecular weight is 758 g/mol. The molecule has 2 aromatic heterocycles. The average Bonchev–Trinajstić information content (AvgIpc) is 3.75. The summed E-state index contributed by atoms with van der Waals surface area (Å²) >= 11 is 0. The second-order valence-electron chi connectivity index (χ2n) is 15.8. The lowest BCUT2D eigenvalue weighted by atomic mass is 9.95. The number of benzene rings is 8. The van der Waals surface area contributed by atoms with Crippen LogP contribution < -0.4 is 10.4 Å². The van der Waals surface area contributed by atoms with Crippen molar-refractivity contribution in [2.75, 3.05) is 0 Å². The van der Waals surface area contributed by atoms with Crippen molar-refractivity contribution in [1.82, 2.24) is 14.5 Å².